The predicted molar refractivity (Wildman–Crippen MR) is 108 cm³/mol. The molecule has 2 aromatic heterocycles. The van der Waals surface area contributed by atoms with E-state index in [2.05, 4.69) is 21.8 Å². The number of nitrogens with zero attached hydrogens (tertiary/aromatic N) is 4. The van der Waals surface area contributed by atoms with Gasteiger partial charge in [0.2, 0.25) is 5.95 Å². The van der Waals surface area contributed by atoms with E-state index in [0.717, 1.165) is 31.5 Å². The van der Waals surface area contributed by atoms with Crippen LogP contribution >= 0.6 is 0 Å². The average Bonchev–Trinajstić information content (AvgIpc) is 3.07. The molecule has 0 radical (unpaired) electrons. The van der Waals surface area contributed by atoms with Crippen LogP contribution in [0.25, 0.3) is 11.2 Å². The van der Waals surface area contributed by atoms with Crippen molar-refractivity contribution in [2.75, 3.05) is 18.0 Å². The molecular weight excluding hydrogens is 358 g/mol. The summed E-state index contributed by atoms with van der Waals surface area (Å²) in [5.41, 5.74) is 0.434. The number of piperidine rings is 1. The molecular formula is C20H25N5O3. The lowest BCUT2D eigenvalue weighted by Gasteiger charge is -2.31. The van der Waals surface area contributed by atoms with E-state index in [4.69, 9.17) is 0 Å². The van der Waals surface area contributed by atoms with Gasteiger partial charge in [0.15, 0.2) is 11.2 Å². The second-order valence-corrected chi connectivity index (χ2v) is 7.61. The highest BCUT2D eigenvalue weighted by Gasteiger charge is 2.25. The Bertz CT molecular complexity index is 1090. The number of aromatic nitrogens is 4. The van der Waals surface area contributed by atoms with Crippen molar-refractivity contribution >= 4 is 17.1 Å². The van der Waals surface area contributed by atoms with Crippen LogP contribution in [0.1, 0.15) is 31.4 Å². The standard InChI is InChI=1S/C20H25N5O3/c1-13-8-10-24(11-9-13)19-21-17-16(18(27)22-20(28)23(17)2)25(19)12-15(26)14-6-4-3-5-7-14/h3-7,13,15,26H,8-12H2,1-2H3,(H,22,27,28)/t15-/m1/s1. The minimum absolute atomic E-state index is 0.184. The summed E-state index contributed by atoms with van der Waals surface area (Å²) in [5.74, 6) is 1.28. The van der Waals surface area contributed by atoms with Crippen LogP contribution in [-0.2, 0) is 13.6 Å². The average molecular weight is 383 g/mol. The van der Waals surface area contributed by atoms with Crippen LogP contribution in [0.15, 0.2) is 39.9 Å². The number of imidazole rings is 1. The van der Waals surface area contributed by atoms with E-state index in [1.807, 2.05) is 30.3 Å². The Kier molecular flexibility index (Phi) is 4.80. The number of benzene rings is 1. The lowest BCUT2D eigenvalue weighted by molar-refractivity contribution is 0.158. The molecule has 0 spiro atoms. The van der Waals surface area contributed by atoms with Gasteiger partial charge >= 0.3 is 5.69 Å². The van der Waals surface area contributed by atoms with Crippen molar-refractivity contribution in [3.05, 3.63) is 56.7 Å². The quantitative estimate of drug-likeness (QED) is 0.710. The molecule has 0 amide bonds. The van der Waals surface area contributed by atoms with Crippen LogP contribution in [0.5, 0.6) is 0 Å². The van der Waals surface area contributed by atoms with Crippen molar-refractivity contribution in [2.24, 2.45) is 13.0 Å². The molecule has 2 N–H and O–H groups in total. The zero-order valence-electron chi connectivity index (χ0n) is 16.1. The number of hydrogen-bond donors (Lipinski definition) is 2. The highest BCUT2D eigenvalue weighted by Crippen LogP contribution is 2.27. The lowest BCUT2D eigenvalue weighted by Crippen LogP contribution is -2.35. The topological polar surface area (TPSA) is 96.2 Å². The molecule has 3 heterocycles. The van der Waals surface area contributed by atoms with Crippen molar-refractivity contribution in [3.8, 4) is 0 Å². The summed E-state index contributed by atoms with van der Waals surface area (Å²) in [5, 5.41) is 10.8. The monoisotopic (exact) mass is 383 g/mol. The fourth-order valence-electron chi connectivity index (χ4n) is 3.80. The maximum absolute atomic E-state index is 12.6. The molecule has 4 rings (SSSR count). The summed E-state index contributed by atoms with van der Waals surface area (Å²) in [6.45, 7) is 4.08. The SMILES string of the molecule is CC1CCN(c2nc3c(c(=O)[nH]c(=O)n3C)n2C[C@@H](O)c2ccccc2)CC1. The van der Waals surface area contributed by atoms with E-state index in [1.165, 1.54) is 4.57 Å². The fourth-order valence-corrected chi connectivity index (χ4v) is 3.80. The highest BCUT2D eigenvalue weighted by atomic mass is 16.3. The van der Waals surface area contributed by atoms with Crippen molar-refractivity contribution in [1.82, 2.24) is 19.1 Å². The molecule has 1 aliphatic rings. The minimum Gasteiger partial charge on any atom is -0.387 e. The summed E-state index contributed by atoms with van der Waals surface area (Å²) in [4.78, 5) is 33.8. The molecule has 8 nitrogen and oxygen atoms in total. The van der Waals surface area contributed by atoms with Crippen LogP contribution in [0.3, 0.4) is 0 Å². The molecule has 8 heteroatoms. The van der Waals surface area contributed by atoms with Crippen LogP contribution in [0.4, 0.5) is 5.95 Å². The molecule has 148 valence electrons. The van der Waals surface area contributed by atoms with Crippen molar-refractivity contribution in [2.45, 2.75) is 32.4 Å². The zero-order chi connectivity index (χ0) is 19.8. The first-order valence-electron chi connectivity index (χ1n) is 9.63. The maximum atomic E-state index is 12.6. The number of aliphatic hydroxyl groups excluding tert-OH is 1. The number of nitrogens with one attached hydrogen (secondary N) is 1. The fraction of sp³-hybridized carbons (Fsp3) is 0.450. The third-order valence-corrected chi connectivity index (χ3v) is 5.59. The van der Waals surface area contributed by atoms with Crippen LogP contribution in [-0.4, -0.2) is 37.3 Å². The predicted octanol–water partition coefficient (Wildman–Crippen LogP) is 1.39. The number of anilines is 1. The molecule has 1 saturated heterocycles. The minimum atomic E-state index is -0.794. The molecule has 28 heavy (non-hydrogen) atoms. The van der Waals surface area contributed by atoms with Gasteiger partial charge in [-0.05, 0) is 24.3 Å². The normalized spacial score (nSPS) is 16.6. The van der Waals surface area contributed by atoms with Gasteiger partial charge in [0.1, 0.15) is 0 Å². The molecule has 0 saturated carbocycles. The van der Waals surface area contributed by atoms with E-state index in [1.54, 1.807) is 11.6 Å². The summed E-state index contributed by atoms with van der Waals surface area (Å²) < 4.78 is 3.10. The highest BCUT2D eigenvalue weighted by molar-refractivity contribution is 5.74. The Morgan fingerprint density at radius 2 is 1.89 bits per heavy atom. The Morgan fingerprint density at radius 1 is 1.21 bits per heavy atom. The van der Waals surface area contributed by atoms with Crippen LogP contribution in [0, 0.1) is 5.92 Å². The third kappa shape index (κ3) is 3.24. The number of aliphatic hydroxyl groups is 1. The first kappa shape index (κ1) is 18.5. The van der Waals surface area contributed by atoms with E-state index >= 15 is 0 Å². The van der Waals surface area contributed by atoms with Gasteiger partial charge in [-0.2, -0.15) is 4.98 Å². The molecule has 0 aliphatic carbocycles. The molecule has 1 aromatic carbocycles. The molecule has 3 aromatic rings. The van der Waals surface area contributed by atoms with Gasteiger partial charge in [0.25, 0.3) is 5.56 Å². The first-order chi connectivity index (χ1) is 13.5. The summed E-state index contributed by atoms with van der Waals surface area (Å²) in [6.07, 6.45) is 1.29. The van der Waals surface area contributed by atoms with Crippen LogP contribution < -0.4 is 16.1 Å². The van der Waals surface area contributed by atoms with Gasteiger partial charge in [-0.15, -0.1) is 0 Å². The Balaban J connectivity index is 1.84. The summed E-state index contributed by atoms with van der Waals surface area (Å²) in [7, 11) is 1.59. The van der Waals surface area contributed by atoms with Crippen molar-refractivity contribution in [1.29, 1.82) is 0 Å². The Labute approximate surface area is 162 Å². The molecule has 0 bridgehead atoms. The Morgan fingerprint density at radius 3 is 2.57 bits per heavy atom. The van der Waals surface area contributed by atoms with Gasteiger partial charge < -0.3 is 14.6 Å². The summed E-state index contributed by atoms with van der Waals surface area (Å²) in [6, 6.07) is 9.34. The van der Waals surface area contributed by atoms with E-state index in [-0.39, 0.29) is 6.54 Å². The van der Waals surface area contributed by atoms with Gasteiger partial charge in [-0.3, -0.25) is 14.3 Å². The summed E-state index contributed by atoms with van der Waals surface area (Å²) >= 11 is 0. The first-order valence-corrected chi connectivity index (χ1v) is 9.63. The van der Waals surface area contributed by atoms with E-state index in [0.29, 0.717) is 23.0 Å². The number of rotatable bonds is 4. The van der Waals surface area contributed by atoms with Gasteiger partial charge in [0.05, 0.1) is 12.6 Å². The second kappa shape index (κ2) is 7.27. The molecule has 0 unspecified atom stereocenters. The third-order valence-electron chi connectivity index (χ3n) is 5.59. The molecule has 1 atom stereocenters. The zero-order valence-corrected chi connectivity index (χ0v) is 16.1. The van der Waals surface area contributed by atoms with Gasteiger partial charge in [-0.1, -0.05) is 37.3 Å². The van der Waals surface area contributed by atoms with Gasteiger partial charge in [-0.25, -0.2) is 4.79 Å². The second-order valence-electron chi connectivity index (χ2n) is 7.61. The number of fused-ring (bicyclic) bond motifs is 1. The lowest BCUT2D eigenvalue weighted by atomic mass is 10.00. The largest absolute Gasteiger partial charge is 0.387 e. The number of hydrogen-bond acceptors (Lipinski definition) is 5. The molecule has 1 fully saturated rings. The Hall–Kier alpha value is -2.87. The molecule has 1 aliphatic heterocycles. The smallest absolute Gasteiger partial charge is 0.329 e. The van der Waals surface area contributed by atoms with Gasteiger partial charge in [0, 0.05) is 20.1 Å². The maximum Gasteiger partial charge on any atom is 0.329 e. The van der Waals surface area contributed by atoms with E-state index < -0.39 is 17.4 Å². The number of H-pyrrole nitrogens is 1. The van der Waals surface area contributed by atoms with Crippen molar-refractivity contribution in [3.63, 3.8) is 0 Å². The number of aryl methyl sites for hydroxylation is 1. The van der Waals surface area contributed by atoms with Crippen molar-refractivity contribution < 1.29 is 5.11 Å². The number of aromatic amines is 1. The van der Waals surface area contributed by atoms with E-state index in [9.17, 15) is 14.7 Å². The van der Waals surface area contributed by atoms with Crippen LogP contribution in [0.2, 0.25) is 0 Å².